The molecule has 0 atom stereocenters. The van der Waals surface area contributed by atoms with Crippen LogP contribution >= 0.6 is 0 Å². The van der Waals surface area contributed by atoms with Gasteiger partial charge in [-0.05, 0) is 48.9 Å². The summed E-state index contributed by atoms with van der Waals surface area (Å²) in [5.74, 6) is -1.23. The van der Waals surface area contributed by atoms with Crippen LogP contribution in [0, 0.1) is 11.6 Å². The average Bonchev–Trinajstić information content (AvgIpc) is 2.79. The third kappa shape index (κ3) is 5.60. The summed E-state index contributed by atoms with van der Waals surface area (Å²) in [6, 6.07) is 11.3. The van der Waals surface area contributed by atoms with Crippen LogP contribution in [0.2, 0.25) is 0 Å². The number of nitrogens with zero attached hydrogens (tertiary/aromatic N) is 2. The molecule has 0 saturated carbocycles. The predicted octanol–water partition coefficient (Wildman–Crippen LogP) is 4.43. The Morgan fingerprint density at radius 2 is 1.90 bits per heavy atom. The zero-order chi connectivity index (χ0) is 21.6. The van der Waals surface area contributed by atoms with Crippen molar-refractivity contribution in [1.29, 1.82) is 0 Å². The first-order chi connectivity index (χ1) is 15.1. The maximum atomic E-state index is 14.0. The summed E-state index contributed by atoms with van der Waals surface area (Å²) in [6.45, 7) is 4.59. The normalized spacial score (nSPS) is 17.2. The molecule has 0 spiro atoms. The van der Waals surface area contributed by atoms with Gasteiger partial charge in [0.15, 0.2) is 0 Å². The molecule has 0 aromatic heterocycles. The molecule has 166 valence electrons. The van der Waals surface area contributed by atoms with Crippen molar-refractivity contribution in [2.45, 2.75) is 38.3 Å². The smallest absolute Gasteiger partial charge is 0.322 e. The summed E-state index contributed by atoms with van der Waals surface area (Å²) in [4.78, 5) is 17.2. The highest BCUT2D eigenvalue weighted by Gasteiger charge is 2.26. The maximum Gasteiger partial charge on any atom is 0.322 e. The summed E-state index contributed by atoms with van der Waals surface area (Å²) in [5, 5.41) is 2.57. The molecule has 1 N–H and O–H groups in total. The zero-order valence-corrected chi connectivity index (χ0v) is 17.7. The van der Waals surface area contributed by atoms with Crippen molar-refractivity contribution in [3.8, 4) is 0 Å². The molecule has 2 aliphatic heterocycles. The molecule has 1 saturated heterocycles. The van der Waals surface area contributed by atoms with Crippen molar-refractivity contribution in [3.05, 3.63) is 65.2 Å². The summed E-state index contributed by atoms with van der Waals surface area (Å²) in [6.07, 6.45) is 3.35. The number of amides is 2. The molecule has 1 fully saturated rings. The Morgan fingerprint density at radius 1 is 1.13 bits per heavy atom. The van der Waals surface area contributed by atoms with E-state index in [1.165, 1.54) is 11.1 Å². The predicted molar refractivity (Wildman–Crippen MR) is 116 cm³/mol. The van der Waals surface area contributed by atoms with E-state index in [-0.39, 0.29) is 17.8 Å². The Bertz CT molecular complexity index is 902. The summed E-state index contributed by atoms with van der Waals surface area (Å²) in [5.41, 5.74) is 2.66. The highest BCUT2D eigenvalue weighted by molar-refractivity contribution is 5.89. The van der Waals surface area contributed by atoms with Crippen molar-refractivity contribution in [3.63, 3.8) is 0 Å². The number of nitrogens with one attached hydrogen (secondary N) is 1. The molecule has 2 aliphatic rings. The van der Waals surface area contributed by atoms with Gasteiger partial charge in [0.05, 0.1) is 5.69 Å². The van der Waals surface area contributed by atoms with Gasteiger partial charge in [0, 0.05) is 51.5 Å². The summed E-state index contributed by atoms with van der Waals surface area (Å²) < 4.78 is 33.0. The van der Waals surface area contributed by atoms with Crippen LogP contribution in [0.15, 0.2) is 42.5 Å². The molecule has 2 amide bonds. The Kier molecular flexibility index (Phi) is 7.14. The first-order valence-electron chi connectivity index (χ1n) is 11.0. The van der Waals surface area contributed by atoms with Gasteiger partial charge in [0.25, 0.3) is 0 Å². The van der Waals surface area contributed by atoms with Crippen LogP contribution in [0.3, 0.4) is 0 Å². The lowest BCUT2D eigenvalue weighted by Gasteiger charge is -2.35. The quantitative estimate of drug-likeness (QED) is 0.739. The van der Waals surface area contributed by atoms with E-state index in [0.29, 0.717) is 19.8 Å². The topological polar surface area (TPSA) is 44.8 Å². The number of benzene rings is 2. The van der Waals surface area contributed by atoms with Crippen LogP contribution in [0.5, 0.6) is 0 Å². The SMILES string of the molecule is O=C(Nc1cc(F)ccc1F)N(CCCN1CCc2ccccc2C1)C1CCOCC1. The molecule has 0 aliphatic carbocycles. The van der Waals surface area contributed by atoms with Crippen molar-refractivity contribution < 1.29 is 18.3 Å². The summed E-state index contributed by atoms with van der Waals surface area (Å²) >= 11 is 0. The van der Waals surface area contributed by atoms with Gasteiger partial charge >= 0.3 is 6.03 Å². The van der Waals surface area contributed by atoms with E-state index in [0.717, 1.165) is 63.5 Å². The zero-order valence-electron chi connectivity index (χ0n) is 17.7. The van der Waals surface area contributed by atoms with Crippen molar-refractivity contribution >= 4 is 11.7 Å². The minimum atomic E-state index is -0.645. The second-order valence-corrected chi connectivity index (χ2v) is 8.24. The fourth-order valence-electron chi connectivity index (χ4n) is 4.44. The lowest BCUT2D eigenvalue weighted by atomic mass is 10.00. The van der Waals surface area contributed by atoms with Gasteiger partial charge in [0.2, 0.25) is 0 Å². The number of fused-ring (bicyclic) bond motifs is 1. The van der Waals surface area contributed by atoms with Gasteiger partial charge in [0.1, 0.15) is 11.6 Å². The highest BCUT2D eigenvalue weighted by Crippen LogP contribution is 2.21. The van der Waals surface area contributed by atoms with Crippen LogP contribution in [0.1, 0.15) is 30.4 Å². The van der Waals surface area contributed by atoms with E-state index in [1.54, 1.807) is 4.90 Å². The van der Waals surface area contributed by atoms with Gasteiger partial charge in [-0.15, -0.1) is 0 Å². The number of hydrogen-bond acceptors (Lipinski definition) is 3. The van der Waals surface area contributed by atoms with E-state index < -0.39 is 11.6 Å². The minimum absolute atomic E-state index is 0.0347. The lowest BCUT2D eigenvalue weighted by Crippen LogP contribution is -2.46. The molecule has 0 bridgehead atoms. The molecular weight excluding hydrogens is 400 g/mol. The van der Waals surface area contributed by atoms with Gasteiger partial charge in [-0.1, -0.05) is 24.3 Å². The fraction of sp³-hybridized carbons (Fsp3) is 0.458. The first-order valence-corrected chi connectivity index (χ1v) is 11.0. The van der Waals surface area contributed by atoms with Gasteiger partial charge in [-0.3, -0.25) is 4.90 Å². The molecule has 0 unspecified atom stereocenters. The number of carbonyl (C=O) groups excluding carboxylic acids is 1. The minimum Gasteiger partial charge on any atom is -0.381 e. The third-order valence-corrected chi connectivity index (χ3v) is 6.15. The molecule has 7 heteroatoms. The molecule has 2 heterocycles. The van der Waals surface area contributed by atoms with Crippen LogP contribution in [0.4, 0.5) is 19.3 Å². The van der Waals surface area contributed by atoms with E-state index >= 15 is 0 Å². The van der Waals surface area contributed by atoms with Crippen molar-refractivity contribution in [2.75, 3.05) is 38.2 Å². The van der Waals surface area contributed by atoms with Crippen LogP contribution < -0.4 is 5.32 Å². The van der Waals surface area contributed by atoms with E-state index in [1.807, 2.05) is 0 Å². The second kappa shape index (κ2) is 10.2. The van der Waals surface area contributed by atoms with E-state index in [4.69, 9.17) is 4.74 Å². The molecular formula is C24H29F2N3O2. The molecule has 5 nitrogen and oxygen atoms in total. The molecule has 31 heavy (non-hydrogen) atoms. The van der Waals surface area contributed by atoms with Crippen LogP contribution in [0.25, 0.3) is 0 Å². The Labute approximate surface area is 182 Å². The van der Waals surface area contributed by atoms with Gasteiger partial charge in [-0.2, -0.15) is 0 Å². The second-order valence-electron chi connectivity index (χ2n) is 8.24. The molecule has 2 aromatic rings. The highest BCUT2D eigenvalue weighted by atomic mass is 19.1. The van der Waals surface area contributed by atoms with Gasteiger partial charge < -0.3 is 15.0 Å². The third-order valence-electron chi connectivity index (χ3n) is 6.15. The number of anilines is 1. The number of urea groups is 1. The number of halogens is 2. The van der Waals surface area contributed by atoms with E-state index in [2.05, 4.69) is 34.5 Å². The molecule has 2 aromatic carbocycles. The largest absolute Gasteiger partial charge is 0.381 e. The number of hydrogen-bond donors (Lipinski definition) is 1. The molecule has 0 radical (unpaired) electrons. The Morgan fingerprint density at radius 3 is 2.71 bits per heavy atom. The Hall–Kier alpha value is -2.51. The van der Waals surface area contributed by atoms with E-state index in [9.17, 15) is 13.6 Å². The van der Waals surface area contributed by atoms with Crippen LogP contribution in [-0.4, -0.2) is 54.7 Å². The van der Waals surface area contributed by atoms with Crippen molar-refractivity contribution in [2.24, 2.45) is 0 Å². The van der Waals surface area contributed by atoms with Crippen molar-refractivity contribution in [1.82, 2.24) is 9.80 Å². The van der Waals surface area contributed by atoms with Gasteiger partial charge in [-0.25, -0.2) is 13.6 Å². The summed E-state index contributed by atoms with van der Waals surface area (Å²) in [7, 11) is 0. The number of ether oxygens (including phenoxy) is 1. The first kappa shape index (κ1) is 21.7. The average molecular weight is 430 g/mol. The maximum absolute atomic E-state index is 14.0. The number of carbonyl (C=O) groups is 1. The standard InChI is InChI=1S/C24H29F2N3O2/c25-20-6-7-22(26)23(16-20)27-24(30)29(21-9-14-31-15-10-21)12-3-11-28-13-8-18-4-1-2-5-19(18)17-28/h1-2,4-7,16,21H,3,8-15,17H2,(H,27,30). The monoisotopic (exact) mass is 429 g/mol. The number of rotatable bonds is 6. The lowest BCUT2D eigenvalue weighted by molar-refractivity contribution is 0.0468. The Balaban J connectivity index is 1.37. The van der Waals surface area contributed by atoms with Crippen LogP contribution in [-0.2, 0) is 17.7 Å². The fourth-order valence-corrected chi connectivity index (χ4v) is 4.44. The molecule has 4 rings (SSSR count).